The van der Waals surface area contributed by atoms with Gasteiger partial charge in [0, 0.05) is 0 Å². The molecule has 0 atom stereocenters. The Morgan fingerprint density at radius 2 is 0.906 bits per heavy atom. The molecule has 0 heterocycles. The van der Waals surface area contributed by atoms with E-state index in [1.165, 1.54) is 24.3 Å². The van der Waals surface area contributed by atoms with Crippen molar-refractivity contribution in [3.05, 3.63) is 82.9 Å². The largest absolute Gasteiger partial charge is 0.456 e. The van der Waals surface area contributed by atoms with Gasteiger partial charge in [0.05, 0.1) is 22.3 Å². The Hall–Kier alpha value is -4.18. The molecule has 0 aliphatic carbocycles. The van der Waals surface area contributed by atoms with Crippen molar-refractivity contribution in [1.82, 2.24) is 0 Å². The molecule has 0 spiro atoms. The molecule has 0 aliphatic heterocycles. The maximum atomic E-state index is 12.8. The Kier molecular flexibility index (Phi) is 5.99. The molecule has 0 unspecified atom stereocenters. The topological polar surface area (TPSA) is 66.0 Å². The number of nitriles is 2. The predicted octanol–water partition coefficient (Wildman–Crippen LogP) is 7.05. The average molecular weight is 448 g/mol. The number of nitrogens with zero attached hydrogens (tertiary/aromatic N) is 2. The summed E-state index contributed by atoms with van der Waals surface area (Å²) in [5.41, 5.74) is -2.61. The molecule has 162 valence electrons. The van der Waals surface area contributed by atoms with E-state index in [0.717, 1.165) is 24.3 Å². The van der Waals surface area contributed by atoms with Crippen LogP contribution in [-0.2, 0) is 12.4 Å². The van der Waals surface area contributed by atoms with Crippen LogP contribution in [0.5, 0.6) is 23.0 Å². The van der Waals surface area contributed by atoms with E-state index in [4.69, 9.17) is 20.0 Å². The first-order valence-electron chi connectivity index (χ1n) is 8.70. The molecule has 0 aliphatic rings. The lowest BCUT2D eigenvalue weighted by Crippen LogP contribution is -2.05. The maximum absolute atomic E-state index is 12.8. The lowest BCUT2D eigenvalue weighted by molar-refractivity contribution is -0.138. The van der Waals surface area contributed by atoms with Crippen molar-refractivity contribution >= 4 is 0 Å². The third-order valence-corrected chi connectivity index (χ3v) is 4.13. The van der Waals surface area contributed by atoms with E-state index in [-0.39, 0.29) is 34.1 Å². The normalized spacial score (nSPS) is 11.4. The van der Waals surface area contributed by atoms with Gasteiger partial charge in [0.1, 0.15) is 35.1 Å². The molecule has 4 nitrogen and oxygen atoms in total. The van der Waals surface area contributed by atoms with Gasteiger partial charge in [-0.05, 0) is 60.7 Å². The Morgan fingerprint density at radius 3 is 1.19 bits per heavy atom. The second-order valence-corrected chi connectivity index (χ2v) is 6.32. The molecule has 0 amide bonds. The molecule has 0 aromatic heterocycles. The Labute approximate surface area is 177 Å². The minimum absolute atomic E-state index is 0.0938. The number of hydrogen-bond acceptors (Lipinski definition) is 4. The molecule has 32 heavy (non-hydrogen) atoms. The fraction of sp³-hybridized carbons (Fsp3) is 0.0909. The van der Waals surface area contributed by atoms with Crippen LogP contribution >= 0.6 is 0 Å². The van der Waals surface area contributed by atoms with Crippen molar-refractivity contribution in [2.75, 3.05) is 0 Å². The number of benzene rings is 3. The minimum atomic E-state index is -4.61. The monoisotopic (exact) mass is 448 g/mol. The molecular formula is C22H10F6N2O2. The highest BCUT2D eigenvalue weighted by Crippen LogP contribution is 2.36. The van der Waals surface area contributed by atoms with Crippen LogP contribution in [0.3, 0.4) is 0 Å². The van der Waals surface area contributed by atoms with Crippen LogP contribution in [0, 0.1) is 22.7 Å². The van der Waals surface area contributed by atoms with Crippen molar-refractivity contribution < 1.29 is 35.8 Å². The number of alkyl halides is 6. The summed E-state index contributed by atoms with van der Waals surface area (Å²) in [4.78, 5) is 0. The maximum Gasteiger partial charge on any atom is 0.416 e. The van der Waals surface area contributed by atoms with Gasteiger partial charge in [0.15, 0.2) is 0 Å². The number of ether oxygens (including phenoxy) is 2. The first-order chi connectivity index (χ1) is 15.0. The van der Waals surface area contributed by atoms with E-state index in [2.05, 4.69) is 0 Å². The zero-order chi connectivity index (χ0) is 23.5. The smallest absolute Gasteiger partial charge is 0.416 e. The summed E-state index contributed by atoms with van der Waals surface area (Å²) in [6.45, 7) is 0. The summed E-state index contributed by atoms with van der Waals surface area (Å²) in [6, 6.07) is 13.7. The summed E-state index contributed by atoms with van der Waals surface area (Å²) < 4.78 is 87.6. The Bertz CT molecular complexity index is 1120. The van der Waals surface area contributed by atoms with Gasteiger partial charge >= 0.3 is 12.4 Å². The van der Waals surface area contributed by atoms with Crippen LogP contribution < -0.4 is 9.47 Å². The number of halogens is 6. The van der Waals surface area contributed by atoms with Crippen LogP contribution in [0.15, 0.2) is 60.7 Å². The van der Waals surface area contributed by atoms with Gasteiger partial charge in [0.2, 0.25) is 0 Å². The summed E-state index contributed by atoms with van der Waals surface area (Å²) in [7, 11) is 0. The summed E-state index contributed by atoms with van der Waals surface area (Å²) >= 11 is 0. The first-order valence-corrected chi connectivity index (χ1v) is 8.70. The lowest BCUT2D eigenvalue weighted by atomic mass is 10.1. The molecule has 0 fully saturated rings. The van der Waals surface area contributed by atoms with Gasteiger partial charge in [0.25, 0.3) is 0 Å². The van der Waals surface area contributed by atoms with E-state index in [9.17, 15) is 26.3 Å². The van der Waals surface area contributed by atoms with Crippen molar-refractivity contribution in [3.8, 4) is 35.1 Å². The summed E-state index contributed by atoms with van der Waals surface area (Å²) in [5, 5.41) is 18.2. The molecule has 3 aromatic carbocycles. The van der Waals surface area contributed by atoms with Gasteiger partial charge < -0.3 is 9.47 Å². The highest BCUT2D eigenvalue weighted by atomic mass is 19.4. The lowest BCUT2D eigenvalue weighted by Gasteiger charge is -2.12. The van der Waals surface area contributed by atoms with Crippen LogP contribution in [0.4, 0.5) is 26.3 Å². The number of rotatable bonds is 4. The molecule has 0 saturated carbocycles. The molecule has 0 bridgehead atoms. The highest BCUT2D eigenvalue weighted by molar-refractivity contribution is 5.50. The summed E-state index contributed by atoms with van der Waals surface area (Å²) in [6.07, 6.45) is -9.21. The van der Waals surface area contributed by atoms with Crippen LogP contribution in [0.1, 0.15) is 22.3 Å². The first kappa shape index (κ1) is 22.5. The fourth-order valence-electron chi connectivity index (χ4n) is 2.60. The van der Waals surface area contributed by atoms with E-state index in [1.807, 2.05) is 0 Å². The van der Waals surface area contributed by atoms with Gasteiger partial charge in [-0.1, -0.05) is 0 Å². The fourth-order valence-corrected chi connectivity index (χ4v) is 2.60. The second-order valence-electron chi connectivity index (χ2n) is 6.32. The van der Waals surface area contributed by atoms with Gasteiger partial charge in [-0.3, -0.25) is 0 Å². The average Bonchev–Trinajstić information content (AvgIpc) is 2.74. The standard InChI is InChI=1S/C22H10F6N2O2/c23-21(24,25)15-1-7-19(13(9-15)11-29)31-17-3-5-18(6-4-17)32-20-8-2-16(22(26,27)28)10-14(20)12-30/h1-10H. The van der Waals surface area contributed by atoms with Crippen molar-refractivity contribution in [1.29, 1.82) is 10.5 Å². The minimum Gasteiger partial charge on any atom is -0.456 e. The third-order valence-electron chi connectivity index (χ3n) is 4.13. The van der Waals surface area contributed by atoms with Crippen LogP contribution in [0.25, 0.3) is 0 Å². The second kappa shape index (κ2) is 8.52. The molecule has 0 saturated heterocycles. The zero-order valence-electron chi connectivity index (χ0n) is 15.8. The van der Waals surface area contributed by atoms with Gasteiger partial charge in [-0.2, -0.15) is 36.9 Å². The number of hydrogen-bond donors (Lipinski definition) is 0. The SMILES string of the molecule is N#Cc1cc(C(F)(F)F)ccc1Oc1ccc(Oc2ccc(C(F)(F)F)cc2C#N)cc1. The van der Waals surface area contributed by atoms with Crippen molar-refractivity contribution in [2.45, 2.75) is 12.4 Å². The van der Waals surface area contributed by atoms with E-state index in [1.54, 1.807) is 12.1 Å². The Morgan fingerprint density at radius 1 is 0.562 bits per heavy atom. The van der Waals surface area contributed by atoms with Crippen LogP contribution in [-0.4, -0.2) is 0 Å². The van der Waals surface area contributed by atoms with Crippen molar-refractivity contribution in [3.63, 3.8) is 0 Å². The van der Waals surface area contributed by atoms with Crippen molar-refractivity contribution in [2.24, 2.45) is 0 Å². The highest BCUT2D eigenvalue weighted by Gasteiger charge is 2.32. The van der Waals surface area contributed by atoms with E-state index >= 15 is 0 Å². The Balaban J connectivity index is 1.78. The molecule has 0 N–H and O–H groups in total. The van der Waals surface area contributed by atoms with E-state index in [0.29, 0.717) is 12.1 Å². The summed E-state index contributed by atoms with van der Waals surface area (Å²) in [5.74, 6) is 0.149. The zero-order valence-corrected chi connectivity index (χ0v) is 15.8. The molecule has 0 radical (unpaired) electrons. The van der Waals surface area contributed by atoms with Gasteiger partial charge in [-0.15, -0.1) is 0 Å². The molecular weight excluding hydrogens is 438 g/mol. The van der Waals surface area contributed by atoms with E-state index < -0.39 is 23.5 Å². The third kappa shape index (κ3) is 5.10. The molecule has 3 rings (SSSR count). The van der Waals surface area contributed by atoms with Crippen LogP contribution in [0.2, 0.25) is 0 Å². The molecule has 3 aromatic rings. The quantitative estimate of drug-likeness (QED) is 0.401. The molecule has 10 heteroatoms. The van der Waals surface area contributed by atoms with Gasteiger partial charge in [-0.25, -0.2) is 0 Å². The predicted molar refractivity (Wildman–Crippen MR) is 98.9 cm³/mol.